The Morgan fingerprint density at radius 2 is 1.96 bits per heavy atom. The summed E-state index contributed by atoms with van der Waals surface area (Å²) in [5.41, 5.74) is 2.17. The first-order valence-electron chi connectivity index (χ1n) is 8.59. The SMILES string of the molecule is CC12CCC3c4ccc(OS(=O)(=O)[O-])cc4CCC3C1CCC2=O.[Na+]. The second kappa shape index (κ2) is 6.64. The van der Waals surface area contributed by atoms with Crippen LogP contribution < -0.4 is 33.7 Å². The zero-order valence-corrected chi connectivity index (χ0v) is 17.5. The van der Waals surface area contributed by atoms with Crippen molar-refractivity contribution < 1.29 is 51.5 Å². The number of fused-ring (bicyclic) bond motifs is 5. The molecule has 0 amide bonds. The molecule has 0 aliphatic heterocycles. The van der Waals surface area contributed by atoms with E-state index in [2.05, 4.69) is 11.1 Å². The molecule has 4 rings (SSSR count). The number of rotatable bonds is 2. The minimum atomic E-state index is -4.74. The van der Waals surface area contributed by atoms with Gasteiger partial charge in [0.05, 0.1) is 0 Å². The zero-order valence-electron chi connectivity index (χ0n) is 14.7. The predicted octanol–water partition coefficient (Wildman–Crippen LogP) is -0.0452. The third kappa shape index (κ3) is 3.32. The molecule has 1 aromatic carbocycles. The Labute approximate surface area is 170 Å². The second-order valence-corrected chi connectivity index (χ2v) is 8.67. The fourth-order valence-corrected chi connectivity index (χ4v) is 5.84. The average Bonchev–Trinajstić information content (AvgIpc) is 2.81. The Morgan fingerprint density at radius 1 is 1.20 bits per heavy atom. The van der Waals surface area contributed by atoms with Gasteiger partial charge < -0.3 is 8.74 Å². The number of carbonyl (C=O) groups excluding carboxylic acids is 1. The first kappa shape index (κ1) is 19.4. The van der Waals surface area contributed by atoms with Gasteiger partial charge in [0.1, 0.15) is 11.5 Å². The van der Waals surface area contributed by atoms with Crippen molar-refractivity contribution in [2.45, 2.75) is 51.4 Å². The summed E-state index contributed by atoms with van der Waals surface area (Å²) in [7, 11) is -4.74. The van der Waals surface area contributed by atoms with Crippen LogP contribution in [0.25, 0.3) is 0 Å². The van der Waals surface area contributed by atoms with Crippen molar-refractivity contribution in [2.75, 3.05) is 0 Å². The van der Waals surface area contributed by atoms with Crippen molar-refractivity contribution in [1.82, 2.24) is 0 Å². The molecule has 130 valence electrons. The third-order valence-electron chi connectivity index (χ3n) is 6.61. The van der Waals surface area contributed by atoms with Gasteiger partial charge in [-0.1, -0.05) is 13.0 Å². The Hall–Kier alpha value is -0.400. The largest absolute Gasteiger partial charge is 1.00 e. The van der Waals surface area contributed by atoms with Crippen molar-refractivity contribution in [3.63, 3.8) is 0 Å². The van der Waals surface area contributed by atoms with E-state index in [-0.39, 0.29) is 40.7 Å². The van der Waals surface area contributed by atoms with Gasteiger partial charge in [-0.15, -0.1) is 0 Å². The summed E-state index contributed by atoms with van der Waals surface area (Å²) in [4.78, 5) is 12.3. The Morgan fingerprint density at radius 3 is 2.68 bits per heavy atom. The number of ketones is 1. The second-order valence-electron chi connectivity index (χ2n) is 7.69. The van der Waals surface area contributed by atoms with Gasteiger partial charge in [-0.25, -0.2) is 8.42 Å². The van der Waals surface area contributed by atoms with Crippen LogP contribution in [-0.2, 0) is 21.6 Å². The minimum absolute atomic E-state index is 0. The van der Waals surface area contributed by atoms with Crippen LogP contribution in [0.2, 0.25) is 0 Å². The molecule has 0 radical (unpaired) electrons. The van der Waals surface area contributed by atoms with Crippen LogP contribution in [0.3, 0.4) is 0 Å². The Kier molecular flexibility index (Phi) is 5.14. The number of hydrogen-bond acceptors (Lipinski definition) is 5. The molecule has 0 N–H and O–H groups in total. The van der Waals surface area contributed by atoms with E-state index in [1.807, 2.05) is 6.07 Å². The summed E-state index contributed by atoms with van der Waals surface area (Å²) in [6.07, 6.45) is 5.50. The Balaban J connectivity index is 0.00000182. The number of Topliss-reactive ketones (excluding diaryl/α,β-unsaturated/α-hetero) is 1. The summed E-state index contributed by atoms with van der Waals surface area (Å²) in [6, 6.07) is 5.17. The number of carbonyl (C=O) groups is 1. The van der Waals surface area contributed by atoms with Gasteiger partial charge >= 0.3 is 29.6 Å². The van der Waals surface area contributed by atoms with Crippen molar-refractivity contribution >= 4 is 16.2 Å². The molecule has 3 aliphatic rings. The van der Waals surface area contributed by atoms with Gasteiger partial charge in [0.25, 0.3) is 10.4 Å². The Bertz CT molecular complexity index is 806. The van der Waals surface area contributed by atoms with Gasteiger partial charge in [-0.3, -0.25) is 4.79 Å². The summed E-state index contributed by atoms with van der Waals surface area (Å²) in [5, 5.41) is 0. The van der Waals surface area contributed by atoms with Gasteiger partial charge in [0, 0.05) is 11.8 Å². The molecule has 3 aliphatic carbocycles. The van der Waals surface area contributed by atoms with E-state index in [1.165, 1.54) is 5.56 Å². The van der Waals surface area contributed by atoms with E-state index in [0.717, 1.165) is 37.7 Å². The molecule has 4 unspecified atom stereocenters. The maximum atomic E-state index is 12.3. The summed E-state index contributed by atoms with van der Waals surface area (Å²) < 4.78 is 36.8. The van der Waals surface area contributed by atoms with Gasteiger partial charge in [0.15, 0.2) is 0 Å². The molecule has 0 bridgehead atoms. The van der Waals surface area contributed by atoms with E-state index in [9.17, 15) is 17.8 Å². The van der Waals surface area contributed by atoms with E-state index in [4.69, 9.17) is 0 Å². The summed E-state index contributed by atoms with van der Waals surface area (Å²) >= 11 is 0. The smallest absolute Gasteiger partial charge is 0.716 e. The van der Waals surface area contributed by atoms with Crippen LogP contribution in [0.4, 0.5) is 0 Å². The number of hydrogen-bond donors (Lipinski definition) is 0. The van der Waals surface area contributed by atoms with E-state index in [1.54, 1.807) is 12.1 Å². The normalized spacial score (nSPS) is 33.7. The number of aryl methyl sites for hydroxylation is 1. The third-order valence-corrected chi connectivity index (χ3v) is 7.00. The topological polar surface area (TPSA) is 83.5 Å². The van der Waals surface area contributed by atoms with Crippen LogP contribution in [0.1, 0.15) is 56.1 Å². The molecular formula is C18H21NaO5S. The molecule has 25 heavy (non-hydrogen) atoms. The van der Waals surface area contributed by atoms with E-state index >= 15 is 0 Å². The van der Waals surface area contributed by atoms with Crippen molar-refractivity contribution in [3.8, 4) is 5.75 Å². The predicted molar refractivity (Wildman–Crippen MR) is 86.4 cm³/mol. The zero-order chi connectivity index (χ0) is 17.1. The fraction of sp³-hybridized carbons (Fsp3) is 0.611. The van der Waals surface area contributed by atoms with Crippen molar-refractivity contribution in [2.24, 2.45) is 17.3 Å². The molecule has 2 fully saturated rings. The van der Waals surface area contributed by atoms with Crippen LogP contribution in [-0.4, -0.2) is 18.8 Å². The molecule has 4 atom stereocenters. The van der Waals surface area contributed by atoms with Crippen LogP contribution in [0, 0.1) is 17.3 Å². The first-order chi connectivity index (χ1) is 11.3. The maximum absolute atomic E-state index is 12.3. The molecule has 2 saturated carbocycles. The van der Waals surface area contributed by atoms with Crippen molar-refractivity contribution in [3.05, 3.63) is 29.3 Å². The average molecular weight is 372 g/mol. The molecular weight excluding hydrogens is 351 g/mol. The first-order valence-corrected chi connectivity index (χ1v) is 9.93. The molecule has 0 spiro atoms. The van der Waals surface area contributed by atoms with Crippen LogP contribution in [0.15, 0.2) is 18.2 Å². The molecule has 0 saturated heterocycles. The standard InChI is InChI=1S/C18H22O5S.Na/c1-18-9-8-14-13-5-3-12(23-24(20,21)22)10-11(13)2-4-15(14)16(18)6-7-17(18)19;/h3,5,10,14-16H,2,4,6-9H2,1H3,(H,20,21,22);/q;+1/p-1. The maximum Gasteiger partial charge on any atom is 1.00 e. The van der Waals surface area contributed by atoms with Gasteiger partial charge in [-0.2, -0.15) is 0 Å². The van der Waals surface area contributed by atoms with Gasteiger partial charge in [0.2, 0.25) is 0 Å². The summed E-state index contributed by atoms with van der Waals surface area (Å²) in [6.45, 7) is 2.15. The van der Waals surface area contributed by atoms with E-state index < -0.39 is 10.4 Å². The molecule has 0 aromatic heterocycles. The molecule has 0 heterocycles. The molecule has 7 heteroatoms. The monoisotopic (exact) mass is 372 g/mol. The van der Waals surface area contributed by atoms with Crippen molar-refractivity contribution in [1.29, 1.82) is 0 Å². The minimum Gasteiger partial charge on any atom is -0.716 e. The fourth-order valence-electron chi connectivity index (χ4n) is 5.50. The number of benzene rings is 1. The summed E-state index contributed by atoms with van der Waals surface area (Å²) in [5.74, 6) is 1.95. The molecule has 1 aromatic rings. The quantitative estimate of drug-likeness (QED) is 0.413. The van der Waals surface area contributed by atoms with Gasteiger partial charge in [-0.05, 0) is 73.1 Å². The molecule has 5 nitrogen and oxygen atoms in total. The van der Waals surface area contributed by atoms with Crippen LogP contribution in [0.5, 0.6) is 5.75 Å². The van der Waals surface area contributed by atoms with Crippen LogP contribution >= 0.6 is 0 Å². The van der Waals surface area contributed by atoms with E-state index in [0.29, 0.717) is 30.0 Å².